The van der Waals surface area contributed by atoms with Crippen LogP contribution in [0.2, 0.25) is 0 Å². The maximum Gasteiger partial charge on any atom is 0.339 e. The van der Waals surface area contributed by atoms with Gasteiger partial charge >= 0.3 is 11.7 Å². The van der Waals surface area contributed by atoms with E-state index < -0.39 is 33.7 Å². The minimum Gasteiger partial charge on any atom is -0.499 e. The number of rotatable bonds is 6. The van der Waals surface area contributed by atoms with E-state index in [9.17, 15) is 24.8 Å². The summed E-state index contributed by atoms with van der Waals surface area (Å²) in [4.78, 5) is 39.0. The van der Waals surface area contributed by atoms with Gasteiger partial charge < -0.3 is 14.6 Å². The minimum atomic E-state index is -0.957. The van der Waals surface area contributed by atoms with Crippen LogP contribution in [0.1, 0.15) is 32.6 Å². The van der Waals surface area contributed by atoms with Crippen molar-refractivity contribution in [2.75, 3.05) is 13.7 Å². The quantitative estimate of drug-likeness (QED) is 0.362. The monoisotopic (exact) mass is 352 g/mol. The average Bonchev–Trinajstić information content (AvgIpc) is 3.07. The first-order valence-corrected chi connectivity index (χ1v) is 7.49. The number of ketones is 1. The molecule has 0 fully saturated rings. The fourth-order valence-corrected chi connectivity index (χ4v) is 2.59. The van der Waals surface area contributed by atoms with E-state index in [-0.39, 0.29) is 22.9 Å². The molecule has 10 heteroatoms. The lowest BCUT2D eigenvalue weighted by atomic mass is 9.99. The topological polar surface area (TPSA) is 129 Å². The molecule has 2 aromatic rings. The molecule has 0 amide bonds. The zero-order valence-corrected chi connectivity index (χ0v) is 13.5. The number of methoxy groups -OCH3 is 1. The summed E-state index contributed by atoms with van der Waals surface area (Å²) >= 11 is 0.948. The molecule has 0 aliphatic rings. The average molecular weight is 352 g/mol. The van der Waals surface area contributed by atoms with Gasteiger partial charge in [0, 0.05) is 11.6 Å². The summed E-state index contributed by atoms with van der Waals surface area (Å²) in [6, 6.07) is 1.03. The summed E-state index contributed by atoms with van der Waals surface area (Å²) in [6.07, 6.45) is 1.34. The predicted octanol–water partition coefficient (Wildman–Crippen LogP) is 2.17. The summed E-state index contributed by atoms with van der Waals surface area (Å²) in [7, 11) is 1.16. The van der Waals surface area contributed by atoms with Crippen LogP contribution in [-0.2, 0) is 4.74 Å². The molecule has 0 aliphatic carbocycles. The molecule has 24 heavy (non-hydrogen) atoms. The molecule has 1 heterocycles. The molecule has 0 saturated heterocycles. The number of phenolic OH excluding ortho intramolecular Hbond substituents is 1. The predicted molar refractivity (Wildman–Crippen MR) is 82.8 cm³/mol. The zero-order chi connectivity index (χ0) is 17.9. The maximum atomic E-state index is 12.6. The van der Waals surface area contributed by atoms with Crippen LogP contribution < -0.4 is 4.74 Å². The highest BCUT2D eigenvalue weighted by atomic mass is 32.1. The van der Waals surface area contributed by atoms with Gasteiger partial charge in [0.05, 0.1) is 24.2 Å². The zero-order valence-electron chi connectivity index (χ0n) is 12.6. The third-order valence-corrected chi connectivity index (χ3v) is 3.76. The van der Waals surface area contributed by atoms with E-state index in [1.807, 2.05) is 0 Å². The Kier molecular flexibility index (Phi) is 5.09. The Labute approximate surface area is 139 Å². The summed E-state index contributed by atoms with van der Waals surface area (Å²) in [5, 5.41) is 22.9. The molecule has 1 aromatic heterocycles. The number of nitro benzene ring substituents is 1. The summed E-state index contributed by atoms with van der Waals surface area (Å²) in [5.41, 5.74) is -1.90. The lowest BCUT2D eigenvalue weighted by Gasteiger charge is -2.12. The number of thiazole rings is 1. The number of carbonyl (C=O) groups excluding carboxylic acids is 2. The van der Waals surface area contributed by atoms with E-state index >= 15 is 0 Å². The van der Waals surface area contributed by atoms with Crippen molar-refractivity contribution in [2.45, 2.75) is 6.92 Å². The van der Waals surface area contributed by atoms with Gasteiger partial charge in [0.1, 0.15) is 5.56 Å². The molecule has 0 spiro atoms. The standard InChI is InChI=1S/C14H12N2O7S/c1-3-23-14(19)7-6-8(22-2)11(17)10(16(20)21)9(7)12(18)13-15-4-5-24-13/h4-6,17H,3H2,1-2H3. The van der Waals surface area contributed by atoms with Crippen LogP contribution in [-0.4, -0.2) is 40.5 Å². The Balaban J connectivity index is 2.81. The number of phenols is 1. The van der Waals surface area contributed by atoms with Gasteiger partial charge in [-0.15, -0.1) is 11.3 Å². The normalized spacial score (nSPS) is 10.2. The lowest BCUT2D eigenvalue weighted by molar-refractivity contribution is -0.386. The lowest BCUT2D eigenvalue weighted by Crippen LogP contribution is -2.15. The van der Waals surface area contributed by atoms with E-state index in [0.717, 1.165) is 24.5 Å². The van der Waals surface area contributed by atoms with Crippen LogP contribution in [0.3, 0.4) is 0 Å². The van der Waals surface area contributed by atoms with Gasteiger partial charge in [0.15, 0.2) is 10.8 Å². The molecule has 0 radical (unpaired) electrons. The van der Waals surface area contributed by atoms with E-state index in [2.05, 4.69) is 4.98 Å². The second kappa shape index (κ2) is 7.04. The Morgan fingerprint density at radius 2 is 2.17 bits per heavy atom. The number of esters is 1. The molecular formula is C14H12N2O7S. The van der Waals surface area contributed by atoms with Crippen LogP contribution in [0.25, 0.3) is 0 Å². The number of carbonyl (C=O) groups is 2. The Bertz CT molecular complexity index is 802. The first-order chi connectivity index (χ1) is 11.4. The van der Waals surface area contributed by atoms with Crippen molar-refractivity contribution in [1.82, 2.24) is 4.98 Å². The van der Waals surface area contributed by atoms with E-state index in [0.29, 0.717) is 0 Å². The first kappa shape index (κ1) is 17.3. The number of hydrogen-bond donors (Lipinski definition) is 1. The third-order valence-electron chi connectivity index (χ3n) is 2.99. The molecule has 0 bridgehead atoms. The highest BCUT2D eigenvalue weighted by molar-refractivity contribution is 7.11. The summed E-state index contributed by atoms with van der Waals surface area (Å²) in [6.45, 7) is 1.55. The van der Waals surface area contributed by atoms with Gasteiger partial charge in [-0.25, -0.2) is 9.78 Å². The SMILES string of the molecule is CCOC(=O)c1cc(OC)c(O)c([N+](=O)[O-])c1C(=O)c1nccs1. The molecule has 9 nitrogen and oxygen atoms in total. The van der Waals surface area contributed by atoms with Crippen molar-refractivity contribution in [3.63, 3.8) is 0 Å². The number of nitrogens with zero attached hydrogens (tertiary/aromatic N) is 2. The highest BCUT2D eigenvalue weighted by Crippen LogP contribution is 2.42. The molecule has 0 saturated carbocycles. The molecule has 126 valence electrons. The number of ether oxygens (including phenoxy) is 2. The largest absolute Gasteiger partial charge is 0.499 e. The molecule has 0 aliphatic heterocycles. The number of hydrogen-bond acceptors (Lipinski definition) is 9. The third kappa shape index (κ3) is 3.04. The van der Waals surface area contributed by atoms with Crippen molar-refractivity contribution >= 4 is 28.8 Å². The second-order valence-electron chi connectivity index (χ2n) is 4.34. The molecule has 0 unspecified atom stereocenters. The molecular weight excluding hydrogens is 340 g/mol. The van der Waals surface area contributed by atoms with Crippen molar-refractivity contribution in [3.05, 3.63) is 43.9 Å². The van der Waals surface area contributed by atoms with Crippen LogP contribution in [0, 0.1) is 10.1 Å². The minimum absolute atomic E-state index is 0.000700. The van der Waals surface area contributed by atoms with E-state index in [1.54, 1.807) is 6.92 Å². The number of aromatic nitrogens is 1. The number of nitro groups is 1. The second-order valence-corrected chi connectivity index (χ2v) is 5.24. The molecule has 2 rings (SSSR count). The van der Waals surface area contributed by atoms with Gasteiger partial charge in [-0.05, 0) is 13.0 Å². The molecule has 1 aromatic carbocycles. The fourth-order valence-electron chi connectivity index (χ4n) is 2.01. The summed E-state index contributed by atoms with van der Waals surface area (Å²) < 4.78 is 9.69. The molecule has 1 N–H and O–H groups in total. The van der Waals surface area contributed by atoms with E-state index in [4.69, 9.17) is 9.47 Å². The smallest absolute Gasteiger partial charge is 0.339 e. The maximum absolute atomic E-state index is 12.6. The van der Waals surface area contributed by atoms with Crippen LogP contribution in [0.5, 0.6) is 11.5 Å². The Hall–Kier alpha value is -3.01. The van der Waals surface area contributed by atoms with Crippen LogP contribution in [0.15, 0.2) is 17.6 Å². The number of aromatic hydroxyl groups is 1. The van der Waals surface area contributed by atoms with Crippen molar-refractivity contribution < 1.29 is 29.1 Å². The fraction of sp³-hybridized carbons (Fsp3) is 0.214. The van der Waals surface area contributed by atoms with Gasteiger partial charge in [-0.1, -0.05) is 0 Å². The highest BCUT2D eigenvalue weighted by Gasteiger charge is 2.35. The number of benzene rings is 1. The van der Waals surface area contributed by atoms with Gasteiger partial charge in [0.2, 0.25) is 11.5 Å². The summed E-state index contributed by atoms with van der Waals surface area (Å²) in [5.74, 6) is -2.98. The van der Waals surface area contributed by atoms with Gasteiger partial charge in [-0.3, -0.25) is 14.9 Å². The van der Waals surface area contributed by atoms with Gasteiger partial charge in [-0.2, -0.15) is 0 Å². The van der Waals surface area contributed by atoms with Crippen LogP contribution in [0.4, 0.5) is 5.69 Å². The van der Waals surface area contributed by atoms with Crippen molar-refractivity contribution in [3.8, 4) is 11.5 Å². The van der Waals surface area contributed by atoms with E-state index in [1.165, 1.54) is 11.6 Å². The van der Waals surface area contributed by atoms with Crippen molar-refractivity contribution in [2.24, 2.45) is 0 Å². The Morgan fingerprint density at radius 3 is 2.67 bits per heavy atom. The first-order valence-electron chi connectivity index (χ1n) is 6.62. The Morgan fingerprint density at radius 1 is 1.46 bits per heavy atom. The van der Waals surface area contributed by atoms with Crippen LogP contribution >= 0.6 is 11.3 Å². The van der Waals surface area contributed by atoms with Crippen molar-refractivity contribution in [1.29, 1.82) is 0 Å². The van der Waals surface area contributed by atoms with Gasteiger partial charge in [0.25, 0.3) is 0 Å². The molecule has 0 atom stereocenters.